The van der Waals surface area contributed by atoms with Crippen LogP contribution in [0.25, 0.3) is 0 Å². The van der Waals surface area contributed by atoms with Gasteiger partial charge in [-0.1, -0.05) is 64.5 Å². The summed E-state index contributed by atoms with van der Waals surface area (Å²) in [5, 5.41) is 0. The van der Waals surface area contributed by atoms with Crippen LogP contribution in [0.4, 0.5) is 4.79 Å². The van der Waals surface area contributed by atoms with E-state index in [1.54, 1.807) is 39.0 Å². The predicted octanol–water partition coefficient (Wildman–Crippen LogP) is 5.51. The number of amides is 2. The zero-order chi connectivity index (χ0) is 21.9. The first kappa shape index (κ1) is 22.0. The normalized spacial score (nSPS) is 17.1. The third-order valence-electron chi connectivity index (χ3n) is 4.77. The number of carbonyl (C=O) groups is 3. The lowest BCUT2D eigenvalue weighted by Crippen LogP contribution is -2.45. The molecule has 0 aromatic heterocycles. The molecule has 1 heterocycles. The van der Waals surface area contributed by atoms with Gasteiger partial charge in [-0.2, -0.15) is 0 Å². The highest BCUT2D eigenvalue weighted by Gasteiger charge is 2.40. The van der Waals surface area contributed by atoms with Crippen LogP contribution in [-0.4, -0.2) is 34.3 Å². The van der Waals surface area contributed by atoms with Gasteiger partial charge in [0, 0.05) is 28.5 Å². The highest BCUT2D eigenvalue weighted by atomic mass is 79.9. The summed E-state index contributed by atoms with van der Waals surface area (Å²) >= 11 is 3.37. The highest BCUT2D eigenvalue weighted by molar-refractivity contribution is 9.10. The van der Waals surface area contributed by atoms with Crippen molar-refractivity contribution in [2.24, 2.45) is 0 Å². The Morgan fingerprint density at radius 2 is 1.70 bits per heavy atom. The summed E-state index contributed by atoms with van der Waals surface area (Å²) in [6, 6.07) is 16.0. The molecule has 3 rings (SSSR count). The number of Topliss-reactive ketones (excluding diaryl/α,β-unsaturated/α-hetero) is 1. The zero-order valence-corrected chi connectivity index (χ0v) is 18.8. The van der Waals surface area contributed by atoms with Gasteiger partial charge in [0.2, 0.25) is 0 Å². The van der Waals surface area contributed by atoms with Crippen molar-refractivity contribution in [3.63, 3.8) is 0 Å². The van der Waals surface area contributed by atoms with Crippen LogP contribution >= 0.6 is 15.9 Å². The van der Waals surface area contributed by atoms with E-state index in [4.69, 9.17) is 4.74 Å². The van der Waals surface area contributed by atoms with Crippen LogP contribution in [0, 0.1) is 0 Å². The monoisotopic (exact) mass is 469 g/mol. The molecule has 0 spiro atoms. The number of benzene rings is 2. The van der Waals surface area contributed by atoms with Crippen LogP contribution in [-0.2, 0) is 9.53 Å². The minimum Gasteiger partial charge on any atom is -0.443 e. The van der Waals surface area contributed by atoms with Crippen LogP contribution in [0.15, 0.2) is 71.2 Å². The van der Waals surface area contributed by atoms with Gasteiger partial charge in [-0.15, -0.1) is 0 Å². The van der Waals surface area contributed by atoms with Crippen molar-refractivity contribution in [2.75, 3.05) is 0 Å². The summed E-state index contributed by atoms with van der Waals surface area (Å²) in [6.45, 7) is 5.25. The summed E-state index contributed by atoms with van der Waals surface area (Å²) in [4.78, 5) is 39.4. The molecular formula is C24H24BrNO4. The van der Waals surface area contributed by atoms with Crippen LogP contribution < -0.4 is 0 Å². The van der Waals surface area contributed by atoms with Crippen molar-refractivity contribution in [1.29, 1.82) is 0 Å². The molecule has 2 amide bonds. The summed E-state index contributed by atoms with van der Waals surface area (Å²) in [5.41, 5.74) is 0.720. The maximum Gasteiger partial charge on any atom is 0.417 e. The Hall–Kier alpha value is -2.73. The molecule has 156 valence electrons. The molecule has 0 saturated heterocycles. The maximum absolute atomic E-state index is 13.0. The molecule has 6 heteroatoms. The van der Waals surface area contributed by atoms with Crippen molar-refractivity contribution >= 4 is 33.7 Å². The smallest absolute Gasteiger partial charge is 0.417 e. The lowest BCUT2D eigenvalue weighted by molar-refractivity contribution is -0.125. The van der Waals surface area contributed by atoms with Crippen molar-refractivity contribution in [1.82, 2.24) is 4.90 Å². The van der Waals surface area contributed by atoms with E-state index in [-0.39, 0.29) is 12.2 Å². The van der Waals surface area contributed by atoms with Gasteiger partial charge < -0.3 is 4.74 Å². The number of hydrogen-bond donors (Lipinski definition) is 0. The molecule has 0 saturated carbocycles. The maximum atomic E-state index is 13.0. The Kier molecular flexibility index (Phi) is 6.56. The Labute approximate surface area is 184 Å². The number of hydrogen-bond acceptors (Lipinski definition) is 4. The van der Waals surface area contributed by atoms with Gasteiger partial charge in [0.15, 0.2) is 5.78 Å². The van der Waals surface area contributed by atoms with Gasteiger partial charge in [-0.25, -0.2) is 9.69 Å². The van der Waals surface area contributed by atoms with E-state index < -0.39 is 29.6 Å². The quantitative estimate of drug-likeness (QED) is 0.541. The first-order valence-corrected chi connectivity index (χ1v) is 10.5. The summed E-state index contributed by atoms with van der Waals surface area (Å²) in [6.07, 6.45) is 2.49. The van der Waals surface area contributed by atoms with Crippen LogP contribution in [0.3, 0.4) is 0 Å². The minimum atomic E-state index is -0.736. The van der Waals surface area contributed by atoms with Crippen molar-refractivity contribution in [3.05, 3.63) is 82.3 Å². The number of ketones is 1. The summed E-state index contributed by atoms with van der Waals surface area (Å²) in [7, 11) is 0. The number of halogens is 1. The zero-order valence-electron chi connectivity index (χ0n) is 17.2. The average Bonchev–Trinajstić information content (AvgIpc) is 3.07. The van der Waals surface area contributed by atoms with Gasteiger partial charge in [0.1, 0.15) is 5.60 Å². The van der Waals surface area contributed by atoms with E-state index in [1.807, 2.05) is 42.5 Å². The molecule has 30 heavy (non-hydrogen) atoms. The van der Waals surface area contributed by atoms with E-state index in [0.29, 0.717) is 5.56 Å². The second-order valence-corrected chi connectivity index (χ2v) is 9.11. The van der Waals surface area contributed by atoms with Gasteiger partial charge in [-0.3, -0.25) is 9.59 Å². The highest BCUT2D eigenvalue weighted by Crippen LogP contribution is 2.33. The molecule has 0 aliphatic carbocycles. The van der Waals surface area contributed by atoms with E-state index in [0.717, 1.165) is 14.9 Å². The molecule has 0 bridgehead atoms. The van der Waals surface area contributed by atoms with Crippen molar-refractivity contribution < 1.29 is 19.1 Å². The molecule has 0 radical (unpaired) electrons. The molecule has 1 aliphatic rings. The fourth-order valence-electron chi connectivity index (χ4n) is 3.42. The number of imide groups is 1. The van der Waals surface area contributed by atoms with Crippen LogP contribution in [0.1, 0.15) is 49.0 Å². The molecule has 2 atom stereocenters. The van der Waals surface area contributed by atoms with E-state index in [9.17, 15) is 14.4 Å². The van der Waals surface area contributed by atoms with Crippen molar-refractivity contribution in [3.8, 4) is 0 Å². The van der Waals surface area contributed by atoms with Crippen LogP contribution in [0.2, 0.25) is 0 Å². The average molecular weight is 470 g/mol. The third-order valence-corrected chi connectivity index (χ3v) is 5.30. The molecule has 2 aromatic rings. The number of ether oxygens (including phenoxy) is 1. The molecule has 5 nitrogen and oxygen atoms in total. The van der Waals surface area contributed by atoms with E-state index >= 15 is 0 Å². The fourth-order valence-corrected chi connectivity index (χ4v) is 3.68. The molecular weight excluding hydrogens is 446 g/mol. The molecule has 0 fully saturated rings. The molecule has 0 N–H and O–H groups in total. The summed E-state index contributed by atoms with van der Waals surface area (Å²) in [5.74, 6) is -0.892. The Morgan fingerprint density at radius 1 is 1.07 bits per heavy atom. The SMILES string of the molecule is CC(C)(C)OC(=O)N1C(=O)C=C[C@@H]1[C@@H](CC(=O)c1ccc(Br)cc1)c1ccccc1. The van der Waals surface area contributed by atoms with Crippen LogP contribution in [0.5, 0.6) is 0 Å². The molecule has 1 aliphatic heterocycles. The number of nitrogens with zero attached hydrogens (tertiary/aromatic N) is 1. The summed E-state index contributed by atoms with van der Waals surface area (Å²) < 4.78 is 6.34. The lowest BCUT2D eigenvalue weighted by atomic mass is 9.85. The Bertz CT molecular complexity index is 961. The van der Waals surface area contributed by atoms with E-state index in [1.165, 1.54) is 6.08 Å². The Balaban J connectivity index is 1.92. The van der Waals surface area contributed by atoms with E-state index in [2.05, 4.69) is 15.9 Å². The number of rotatable bonds is 5. The largest absolute Gasteiger partial charge is 0.443 e. The van der Waals surface area contributed by atoms with Crippen molar-refractivity contribution in [2.45, 2.75) is 44.8 Å². The lowest BCUT2D eigenvalue weighted by Gasteiger charge is -2.32. The second kappa shape index (κ2) is 8.96. The Morgan fingerprint density at radius 3 is 2.30 bits per heavy atom. The predicted molar refractivity (Wildman–Crippen MR) is 118 cm³/mol. The first-order valence-electron chi connectivity index (χ1n) is 9.74. The third kappa shape index (κ3) is 5.25. The van der Waals surface area contributed by atoms with Gasteiger partial charge in [0.05, 0.1) is 6.04 Å². The standard InChI is InChI=1S/C24H24BrNO4/c1-24(2,3)30-23(29)26-20(13-14-22(26)28)19(16-7-5-4-6-8-16)15-21(27)17-9-11-18(25)12-10-17/h4-14,19-20H,15H2,1-3H3/t19-,20+/m0/s1. The van der Waals surface area contributed by atoms with Gasteiger partial charge in [0.25, 0.3) is 5.91 Å². The number of carbonyl (C=O) groups excluding carboxylic acids is 3. The fraction of sp³-hybridized carbons (Fsp3) is 0.292. The first-order chi connectivity index (χ1) is 14.2. The second-order valence-electron chi connectivity index (χ2n) is 8.19. The topological polar surface area (TPSA) is 63.7 Å². The molecule has 2 aromatic carbocycles. The molecule has 0 unspecified atom stereocenters. The van der Waals surface area contributed by atoms with Gasteiger partial charge >= 0.3 is 6.09 Å². The van der Waals surface area contributed by atoms with Gasteiger partial charge in [-0.05, 0) is 38.5 Å². The minimum absolute atomic E-state index is 0.0618.